The summed E-state index contributed by atoms with van der Waals surface area (Å²) < 4.78 is 4.89. The average molecular weight is 323 g/mol. The lowest BCUT2D eigenvalue weighted by molar-refractivity contribution is -0.117. The van der Waals surface area contributed by atoms with Gasteiger partial charge in [0.15, 0.2) is 0 Å². The van der Waals surface area contributed by atoms with Crippen LogP contribution in [0.2, 0.25) is 0 Å². The molecule has 1 aliphatic carbocycles. The Morgan fingerprint density at radius 1 is 1.42 bits per heavy atom. The van der Waals surface area contributed by atoms with Crippen LogP contribution in [-0.2, 0) is 9.53 Å². The van der Waals surface area contributed by atoms with Gasteiger partial charge in [-0.25, -0.2) is 4.79 Å². The number of nitrogens with one attached hydrogen (secondary N) is 2. The van der Waals surface area contributed by atoms with Gasteiger partial charge in [-0.3, -0.25) is 4.79 Å². The van der Waals surface area contributed by atoms with Crippen LogP contribution in [0.1, 0.15) is 40.9 Å². The number of hydrogen-bond acceptors (Lipinski definition) is 4. The van der Waals surface area contributed by atoms with Crippen LogP contribution in [-0.4, -0.2) is 23.5 Å². The van der Waals surface area contributed by atoms with E-state index in [0.717, 1.165) is 12.0 Å². The molecule has 2 atom stereocenters. The molecule has 3 rings (SSSR count). The van der Waals surface area contributed by atoms with E-state index >= 15 is 0 Å². The molecule has 0 unspecified atom stereocenters. The Morgan fingerprint density at radius 3 is 3.00 bits per heavy atom. The number of nitrogens with zero attached hydrogens (tertiary/aromatic N) is 1. The lowest BCUT2D eigenvalue weighted by Crippen LogP contribution is -2.14. The third kappa shape index (κ3) is 3.30. The quantitative estimate of drug-likeness (QED) is 0.827. The number of carbonyl (C=O) groups is 2. The van der Waals surface area contributed by atoms with Gasteiger partial charge in [-0.15, -0.1) is 0 Å². The fourth-order valence-electron chi connectivity index (χ4n) is 2.72. The lowest BCUT2D eigenvalue weighted by Gasteiger charge is -2.03. The normalized spacial score (nSPS) is 18.5. The summed E-state index contributed by atoms with van der Waals surface area (Å²) >= 11 is 0. The molecular formula is C18H17N3O3. The molecule has 24 heavy (non-hydrogen) atoms. The molecule has 0 saturated heterocycles. The van der Waals surface area contributed by atoms with E-state index in [4.69, 9.17) is 10.00 Å². The van der Waals surface area contributed by atoms with Crippen LogP contribution in [0.25, 0.3) is 0 Å². The van der Waals surface area contributed by atoms with E-state index in [2.05, 4.69) is 16.4 Å². The van der Waals surface area contributed by atoms with Crippen molar-refractivity contribution in [2.45, 2.75) is 19.3 Å². The van der Waals surface area contributed by atoms with Crippen LogP contribution in [0.3, 0.4) is 0 Å². The van der Waals surface area contributed by atoms with Crippen molar-refractivity contribution in [1.82, 2.24) is 4.98 Å². The van der Waals surface area contributed by atoms with Gasteiger partial charge in [0.1, 0.15) is 5.69 Å². The Morgan fingerprint density at radius 2 is 2.25 bits per heavy atom. The predicted octanol–water partition coefficient (Wildman–Crippen LogP) is 2.81. The highest BCUT2D eigenvalue weighted by atomic mass is 16.5. The summed E-state index contributed by atoms with van der Waals surface area (Å²) in [6, 6.07) is 11.0. The zero-order valence-electron chi connectivity index (χ0n) is 13.2. The molecule has 2 N–H and O–H groups in total. The zero-order valence-corrected chi connectivity index (χ0v) is 13.2. The van der Waals surface area contributed by atoms with Gasteiger partial charge in [0, 0.05) is 12.1 Å². The maximum Gasteiger partial charge on any atom is 0.354 e. The minimum absolute atomic E-state index is 0.0863. The van der Waals surface area contributed by atoms with Gasteiger partial charge in [-0.1, -0.05) is 12.1 Å². The molecular weight excluding hydrogens is 306 g/mol. The van der Waals surface area contributed by atoms with Crippen molar-refractivity contribution in [3.63, 3.8) is 0 Å². The predicted molar refractivity (Wildman–Crippen MR) is 87.4 cm³/mol. The number of amides is 1. The molecule has 1 saturated carbocycles. The first kappa shape index (κ1) is 15.8. The molecule has 6 nitrogen and oxygen atoms in total. The van der Waals surface area contributed by atoms with Crippen molar-refractivity contribution in [3.05, 3.63) is 53.3 Å². The molecule has 1 aromatic carbocycles. The summed E-state index contributed by atoms with van der Waals surface area (Å²) in [6.45, 7) is 2.03. The molecule has 0 radical (unpaired) electrons. The summed E-state index contributed by atoms with van der Waals surface area (Å²) in [5, 5.41) is 11.8. The van der Waals surface area contributed by atoms with Gasteiger partial charge in [0.25, 0.3) is 0 Å². The summed E-state index contributed by atoms with van der Waals surface area (Å²) in [5.41, 5.74) is 2.46. The van der Waals surface area contributed by atoms with E-state index in [9.17, 15) is 9.59 Å². The zero-order chi connectivity index (χ0) is 17.1. The minimum Gasteiger partial charge on any atom is -0.461 e. The van der Waals surface area contributed by atoms with Crippen LogP contribution in [0, 0.1) is 17.2 Å². The first-order valence-electron chi connectivity index (χ1n) is 7.79. The number of anilines is 1. The first-order chi connectivity index (χ1) is 11.6. The Bertz CT molecular complexity index is 819. The van der Waals surface area contributed by atoms with Gasteiger partial charge >= 0.3 is 5.97 Å². The number of carbonyl (C=O) groups excluding carboxylic acids is 2. The fourth-order valence-corrected chi connectivity index (χ4v) is 2.72. The Labute approximate surface area is 139 Å². The van der Waals surface area contributed by atoms with Crippen LogP contribution < -0.4 is 5.32 Å². The summed E-state index contributed by atoms with van der Waals surface area (Å²) in [6.07, 6.45) is 2.33. The van der Waals surface area contributed by atoms with Gasteiger partial charge in [0.05, 0.1) is 23.9 Å². The number of aromatic amines is 1. The molecule has 6 heteroatoms. The second-order valence-corrected chi connectivity index (χ2v) is 5.70. The van der Waals surface area contributed by atoms with Crippen LogP contribution >= 0.6 is 0 Å². The lowest BCUT2D eigenvalue weighted by atomic mass is 10.1. The van der Waals surface area contributed by atoms with Crippen molar-refractivity contribution in [3.8, 4) is 6.07 Å². The molecule has 1 aromatic heterocycles. The van der Waals surface area contributed by atoms with Crippen molar-refractivity contribution in [2.75, 3.05) is 11.9 Å². The monoisotopic (exact) mass is 323 g/mol. The summed E-state index contributed by atoms with van der Waals surface area (Å²) in [7, 11) is 0. The van der Waals surface area contributed by atoms with Crippen molar-refractivity contribution in [1.29, 1.82) is 5.26 Å². The molecule has 1 aliphatic rings. The van der Waals surface area contributed by atoms with Crippen molar-refractivity contribution in [2.24, 2.45) is 5.92 Å². The molecule has 0 spiro atoms. The van der Waals surface area contributed by atoms with Gasteiger partial charge in [0.2, 0.25) is 5.91 Å². The summed E-state index contributed by atoms with van der Waals surface area (Å²) in [5.74, 6) is -0.506. The highest BCUT2D eigenvalue weighted by molar-refractivity contribution is 5.97. The third-order valence-electron chi connectivity index (χ3n) is 4.02. The maximum absolute atomic E-state index is 12.3. The van der Waals surface area contributed by atoms with Gasteiger partial charge < -0.3 is 15.0 Å². The minimum atomic E-state index is -0.449. The van der Waals surface area contributed by atoms with Crippen molar-refractivity contribution >= 4 is 17.6 Å². The molecule has 1 fully saturated rings. The number of rotatable bonds is 5. The molecule has 0 aliphatic heterocycles. The summed E-state index contributed by atoms with van der Waals surface area (Å²) in [4.78, 5) is 26.7. The number of nitriles is 1. The SMILES string of the molecule is CCOC(=O)c1cc(NC(=O)[C@@H]2C[C@@H]2c2cccc(C#N)c2)c[nH]1. The van der Waals surface area contributed by atoms with Gasteiger partial charge in [-0.2, -0.15) is 5.26 Å². The number of esters is 1. The molecule has 1 heterocycles. The number of ether oxygens (including phenoxy) is 1. The van der Waals surface area contributed by atoms with Crippen LogP contribution in [0.5, 0.6) is 0 Å². The second-order valence-electron chi connectivity index (χ2n) is 5.70. The van der Waals surface area contributed by atoms with Crippen LogP contribution in [0.15, 0.2) is 36.5 Å². The first-order valence-corrected chi connectivity index (χ1v) is 7.79. The van der Waals surface area contributed by atoms with E-state index in [1.165, 1.54) is 0 Å². The Kier molecular flexibility index (Phi) is 4.34. The maximum atomic E-state index is 12.3. The van der Waals surface area contributed by atoms with Gasteiger partial charge in [-0.05, 0) is 43.0 Å². The molecule has 2 aromatic rings. The molecule has 1 amide bonds. The molecule has 0 bridgehead atoms. The number of aromatic nitrogens is 1. The largest absolute Gasteiger partial charge is 0.461 e. The standard InChI is InChI=1S/C18H17N3O3/c1-2-24-18(23)16-7-13(10-20-16)21-17(22)15-8-14(15)12-5-3-4-11(6-12)9-19/h3-7,10,14-15,20H,2,8H2,1H3,(H,21,22)/t14-,15-/m1/s1. The third-order valence-corrected chi connectivity index (χ3v) is 4.02. The van der Waals surface area contributed by atoms with E-state index < -0.39 is 5.97 Å². The second kappa shape index (κ2) is 6.59. The molecule has 122 valence electrons. The van der Waals surface area contributed by atoms with E-state index in [0.29, 0.717) is 23.6 Å². The van der Waals surface area contributed by atoms with Crippen molar-refractivity contribution < 1.29 is 14.3 Å². The number of benzene rings is 1. The highest BCUT2D eigenvalue weighted by Crippen LogP contribution is 2.48. The Hall–Kier alpha value is -3.07. The average Bonchev–Trinajstić information content (AvgIpc) is 3.27. The smallest absolute Gasteiger partial charge is 0.354 e. The Balaban J connectivity index is 1.61. The van der Waals surface area contributed by atoms with E-state index in [-0.39, 0.29) is 17.7 Å². The number of hydrogen-bond donors (Lipinski definition) is 2. The highest BCUT2D eigenvalue weighted by Gasteiger charge is 2.44. The van der Waals surface area contributed by atoms with Crippen LogP contribution in [0.4, 0.5) is 5.69 Å². The van der Waals surface area contributed by atoms with E-state index in [1.807, 2.05) is 18.2 Å². The van der Waals surface area contributed by atoms with E-state index in [1.54, 1.807) is 25.3 Å². The number of H-pyrrole nitrogens is 1. The topological polar surface area (TPSA) is 95.0 Å². The fraction of sp³-hybridized carbons (Fsp3) is 0.278.